The van der Waals surface area contributed by atoms with E-state index in [9.17, 15) is 14.7 Å². The predicted octanol–water partition coefficient (Wildman–Crippen LogP) is 3.04. The summed E-state index contributed by atoms with van der Waals surface area (Å²) in [6.07, 6.45) is 0. The molecule has 4 N–H and O–H groups in total. The van der Waals surface area contributed by atoms with Crippen LogP contribution in [-0.4, -0.2) is 22.2 Å². The molecule has 0 bridgehead atoms. The van der Waals surface area contributed by atoms with Gasteiger partial charge in [-0.25, -0.2) is 9.59 Å². The van der Waals surface area contributed by atoms with Crippen LogP contribution in [0.5, 0.6) is 5.75 Å². The summed E-state index contributed by atoms with van der Waals surface area (Å²) in [5, 5.41) is 23.7. The maximum atomic E-state index is 11.8. The van der Waals surface area contributed by atoms with E-state index in [0.29, 0.717) is 5.69 Å². The molecule has 108 valence electrons. The van der Waals surface area contributed by atoms with Crippen molar-refractivity contribution < 1.29 is 19.8 Å². The fraction of sp³-hybridized carbons (Fsp3) is 0.0667. The van der Waals surface area contributed by atoms with Gasteiger partial charge in [0.1, 0.15) is 5.56 Å². The highest BCUT2D eigenvalue weighted by atomic mass is 16.4. The van der Waals surface area contributed by atoms with Gasteiger partial charge in [0.2, 0.25) is 0 Å². The van der Waals surface area contributed by atoms with Crippen molar-refractivity contribution in [2.75, 3.05) is 10.6 Å². The number of hydrogen-bond acceptors (Lipinski definition) is 3. The fourth-order valence-corrected chi connectivity index (χ4v) is 1.74. The van der Waals surface area contributed by atoms with Crippen LogP contribution < -0.4 is 10.6 Å². The molecule has 0 atom stereocenters. The summed E-state index contributed by atoms with van der Waals surface area (Å²) >= 11 is 0. The number of hydrogen-bond donors (Lipinski definition) is 4. The number of carboxylic acid groups (broad SMARTS) is 1. The molecular weight excluding hydrogens is 272 g/mol. The van der Waals surface area contributed by atoms with Gasteiger partial charge in [0.05, 0.1) is 5.69 Å². The van der Waals surface area contributed by atoms with Crippen molar-refractivity contribution in [3.8, 4) is 5.75 Å². The van der Waals surface area contributed by atoms with Gasteiger partial charge in [-0.1, -0.05) is 23.8 Å². The first-order chi connectivity index (χ1) is 9.97. The number of anilines is 2. The molecule has 2 aromatic carbocycles. The third-order valence-corrected chi connectivity index (χ3v) is 2.82. The molecule has 2 aromatic rings. The molecule has 0 fully saturated rings. The van der Waals surface area contributed by atoms with E-state index in [2.05, 4.69) is 10.6 Å². The predicted molar refractivity (Wildman–Crippen MR) is 78.9 cm³/mol. The Morgan fingerprint density at radius 3 is 2.29 bits per heavy atom. The first-order valence-corrected chi connectivity index (χ1v) is 6.17. The smallest absolute Gasteiger partial charge is 0.339 e. The van der Waals surface area contributed by atoms with Gasteiger partial charge >= 0.3 is 12.0 Å². The van der Waals surface area contributed by atoms with Crippen molar-refractivity contribution in [2.24, 2.45) is 0 Å². The molecule has 0 aliphatic rings. The number of phenols is 1. The van der Waals surface area contributed by atoms with Crippen LogP contribution >= 0.6 is 0 Å². The molecule has 2 rings (SSSR count). The van der Waals surface area contributed by atoms with Crippen molar-refractivity contribution in [1.82, 2.24) is 0 Å². The highest BCUT2D eigenvalue weighted by Gasteiger charge is 2.14. The largest absolute Gasteiger partial charge is 0.505 e. The molecule has 21 heavy (non-hydrogen) atoms. The van der Waals surface area contributed by atoms with E-state index < -0.39 is 17.7 Å². The second-order valence-corrected chi connectivity index (χ2v) is 4.45. The number of carbonyl (C=O) groups excluding carboxylic acids is 1. The molecule has 0 unspecified atom stereocenters. The van der Waals surface area contributed by atoms with Crippen LogP contribution in [0.15, 0.2) is 42.5 Å². The average Bonchev–Trinajstić information content (AvgIpc) is 2.43. The molecule has 6 heteroatoms. The normalized spacial score (nSPS) is 9.95. The van der Waals surface area contributed by atoms with E-state index in [0.717, 1.165) is 5.56 Å². The molecule has 0 saturated carbocycles. The van der Waals surface area contributed by atoms with Crippen molar-refractivity contribution in [3.05, 3.63) is 53.6 Å². The number of carboxylic acids is 1. The second kappa shape index (κ2) is 5.96. The molecule has 0 heterocycles. The van der Waals surface area contributed by atoms with Crippen molar-refractivity contribution >= 4 is 23.4 Å². The lowest BCUT2D eigenvalue weighted by Gasteiger charge is -2.10. The van der Waals surface area contributed by atoms with Crippen molar-refractivity contribution in [3.63, 3.8) is 0 Å². The highest BCUT2D eigenvalue weighted by Crippen LogP contribution is 2.27. The summed E-state index contributed by atoms with van der Waals surface area (Å²) in [5.41, 5.74) is 1.40. The zero-order valence-corrected chi connectivity index (χ0v) is 11.3. The van der Waals surface area contributed by atoms with Gasteiger partial charge in [-0.05, 0) is 31.2 Å². The van der Waals surface area contributed by atoms with Crippen LogP contribution in [0, 0.1) is 6.92 Å². The van der Waals surface area contributed by atoms with Gasteiger partial charge in [0.15, 0.2) is 5.75 Å². The number of aryl methyl sites for hydroxylation is 1. The van der Waals surface area contributed by atoms with Gasteiger partial charge in [-0.3, -0.25) is 0 Å². The SMILES string of the molecule is Cc1ccc(NC(=O)Nc2cccc(C(=O)O)c2O)cc1. The Balaban J connectivity index is 2.11. The summed E-state index contributed by atoms with van der Waals surface area (Å²) in [6, 6.07) is 10.7. The molecule has 0 radical (unpaired) electrons. The minimum Gasteiger partial charge on any atom is -0.505 e. The number of amides is 2. The van der Waals surface area contributed by atoms with Gasteiger partial charge in [-0.15, -0.1) is 0 Å². The van der Waals surface area contributed by atoms with Gasteiger partial charge in [0.25, 0.3) is 0 Å². The standard InChI is InChI=1S/C15H14N2O4/c1-9-5-7-10(8-6-9)16-15(21)17-12-4-2-3-11(13(12)18)14(19)20/h2-8,18H,1H3,(H,19,20)(H2,16,17,21). The summed E-state index contributed by atoms with van der Waals surface area (Å²) in [5.74, 6) is -1.75. The Morgan fingerprint density at radius 2 is 1.67 bits per heavy atom. The molecule has 0 aliphatic carbocycles. The molecule has 0 aliphatic heterocycles. The minimum absolute atomic E-state index is 0.0273. The summed E-state index contributed by atoms with van der Waals surface area (Å²) in [6.45, 7) is 1.93. The lowest BCUT2D eigenvalue weighted by Crippen LogP contribution is -2.19. The number of benzene rings is 2. The molecule has 0 saturated heterocycles. The number of aromatic carboxylic acids is 1. The van der Waals surface area contributed by atoms with E-state index in [1.54, 1.807) is 12.1 Å². The van der Waals surface area contributed by atoms with Crippen LogP contribution in [-0.2, 0) is 0 Å². The Hall–Kier alpha value is -3.02. The van der Waals surface area contributed by atoms with Gasteiger partial charge in [-0.2, -0.15) is 0 Å². The van der Waals surface area contributed by atoms with Crippen LogP contribution in [0.25, 0.3) is 0 Å². The fourth-order valence-electron chi connectivity index (χ4n) is 1.74. The highest BCUT2D eigenvalue weighted by molar-refractivity contribution is 6.02. The van der Waals surface area contributed by atoms with Crippen molar-refractivity contribution in [1.29, 1.82) is 0 Å². The summed E-state index contributed by atoms with van der Waals surface area (Å²) < 4.78 is 0. The minimum atomic E-state index is -1.27. The van der Waals surface area contributed by atoms with E-state index in [4.69, 9.17) is 5.11 Å². The molecule has 6 nitrogen and oxygen atoms in total. The van der Waals surface area contributed by atoms with Crippen LogP contribution in [0.2, 0.25) is 0 Å². The van der Waals surface area contributed by atoms with Gasteiger partial charge < -0.3 is 20.8 Å². The number of carbonyl (C=O) groups is 2. The summed E-state index contributed by atoms with van der Waals surface area (Å²) in [4.78, 5) is 22.7. The lowest BCUT2D eigenvalue weighted by molar-refractivity contribution is 0.0694. The number of urea groups is 1. The van der Waals surface area contributed by atoms with Crippen LogP contribution in [0.4, 0.5) is 16.2 Å². The molecule has 0 aromatic heterocycles. The van der Waals surface area contributed by atoms with E-state index in [-0.39, 0.29) is 11.3 Å². The quantitative estimate of drug-likeness (QED) is 0.652. The number of para-hydroxylation sites is 1. The number of rotatable bonds is 3. The maximum Gasteiger partial charge on any atom is 0.339 e. The lowest BCUT2D eigenvalue weighted by atomic mass is 10.1. The van der Waals surface area contributed by atoms with Crippen LogP contribution in [0.1, 0.15) is 15.9 Å². The molecule has 0 spiro atoms. The van der Waals surface area contributed by atoms with E-state index >= 15 is 0 Å². The third-order valence-electron chi connectivity index (χ3n) is 2.82. The Labute approximate surface area is 121 Å². The Kier molecular flexibility index (Phi) is 4.08. The summed E-state index contributed by atoms with van der Waals surface area (Å²) in [7, 11) is 0. The Morgan fingerprint density at radius 1 is 1.00 bits per heavy atom. The topological polar surface area (TPSA) is 98.7 Å². The van der Waals surface area contributed by atoms with Gasteiger partial charge in [0, 0.05) is 5.69 Å². The van der Waals surface area contributed by atoms with E-state index in [1.165, 1.54) is 18.2 Å². The average molecular weight is 286 g/mol. The zero-order valence-electron chi connectivity index (χ0n) is 11.3. The maximum absolute atomic E-state index is 11.8. The molecular formula is C15H14N2O4. The number of aromatic hydroxyl groups is 1. The second-order valence-electron chi connectivity index (χ2n) is 4.45. The zero-order chi connectivity index (χ0) is 15.4. The van der Waals surface area contributed by atoms with E-state index in [1.807, 2.05) is 19.1 Å². The van der Waals surface area contributed by atoms with Crippen LogP contribution in [0.3, 0.4) is 0 Å². The first kappa shape index (κ1) is 14.4. The van der Waals surface area contributed by atoms with Crippen molar-refractivity contribution in [2.45, 2.75) is 6.92 Å². The number of nitrogens with one attached hydrogen (secondary N) is 2. The Bertz CT molecular complexity index is 681. The molecule has 2 amide bonds. The monoisotopic (exact) mass is 286 g/mol. The first-order valence-electron chi connectivity index (χ1n) is 6.17. The third kappa shape index (κ3) is 3.50.